The molecule has 0 saturated carbocycles. The molecule has 0 spiro atoms. The first-order valence-corrected chi connectivity index (χ1v) is 10.3. The number of anilines is 1. The van der Waals surface area contributed by atoms with E-state index < -0.39 is 24.4 Å². The monoisotopic (exact) mass is 456 g/mol. The van der Waals surface area contributed by atoms with Gasteiger partial charge in [0, 0.05) is 13.0 Å². The van der Waals surface area contributed by atoms with Crippen molar-refractivity contribution in [2.45, 2.75) is 46.8 Å². The number of carbonyl (C=O) groups is 3. The highest BCUT2D eigenvalue weighted by molar-refractivity contribution is 6.03. The van der Waals surface area contributed by atoms with Crippen molar-refractivity contribution in [3.63, 3.8) is 0 Å². The van der Waals surface area contributed by atoms with Crippen LogP contribution >= 0.6 is 0 Å². The van der Waals surface area contributed by atoms with Crippen LogP contribution in [0.1, 0.15) is 34.6 Å². The fourth-order valence-corrected chi connectivity index (χ4v) is 2.48. The molecule has 2 aromatic rings. The average Bonchev–Trinajstić information content (AvgIpc) is 2.69. The third-order valence-electron chi connectivity index (χ3n) is 3.62. The van der Waals surface area contributed by atoms with Gasteiger partial charge in [-0.25, -0.2) is 14.6 Å². The van der Waals surface area contributed by atoms with Crippen molar-refractivity contribution in [3.05, 3.63) is 48.5 Å². The first-order chi connectivity index (χ1) is 15.6. The van der Waals surface area contributed by atoms with Gasteiger partial charge in [0.15, 0.2) is 0 Å². The summed E-state index contributed by atoms with van der Waals surface area (Å²) in [4.78, 5) is 40.2. The van der Waals surface area contributed by atoms with E-state index in [9.17, 15) is 14.4 Å². The molecule has 3 N–H and O–H groups in total. The number of aliphatic imine (C=N–C) groups is 1. The highest BCUT2D eigenvalue weighted by Gasteiger charge is 2.16. The van der Waals surface area contributed by atoms with Gasteiger partial charge in [-0.05, 0) is 52.0 Å². The molecule has 0 fully saturated rings. The summed E-state index contributed by atoms with van der Waals surface area (Å²) in [5.74, 6) is 0.430. The normalized spacial score (nSPS) is 10.3. The Bertz CT molecular complexity index is 979. The van der Waals surface area contributed by atoms with Gasteiger partial charge in [0.1, 0.15) is 11.5 Å². The van der Waals surface area contributed by atoms with Crippen LogP contribution in [0.15, 0.2) is 53.5 Å². The third-order valence-corrected chi connectivity index (χ3v) is 3.62. The van der Waals surface area contributed by atoms with E-state index in [4.69, 9.17) is 14.2 Å². The summed E-state index contributed by atoms with van der Waals surface area (Å²) >= 11 is 0. The van der Waals surface area contributed by atoms with Crippen LogP contribution in [0.3, 0.4) is 0 Å². The van der Waals surface area contributed by atoms with Gasteiger partial charge in [0.25, 0.3) is 0 Å². The maximum absolute atomic E-state index is 12.1. The number of ether oxygens (including phenoxy) is 3. The molecule has 10 nitrogen and oxygen atoms in total. The number of hydrogen-bond donors (Lipinski definition) is 3. The van der Waals surface area contributed by atoms with E-state index in [1.54, 1.807) is 58.0 Å². The van der Waals surface area contributed by atoms with Gasteiger partial charge < -0.3 is 19.5 Å². The van der Waals surface area contributed by atoms with Crippen molar-refractivity contribution < 1.29 is 28.6 Å². The number of nitrogens with one attached hydrogen (secondary N) is 3. The number of carbonyl (C=O) groups excluding carboxylic acids is 3. The van der Waals surface area contributed by atoms with Gasteiger partial charge in [-0.15, -0.1) is 0 Å². The Morgan fingerprint density at radius 3 is 1.91 bits per heavy atom. The summed E-state index contributed by atoms with van der Waals surface area (Å²) in [5.41, 5.74) is 0.543. The molecule has 0 aromatic heterocycles. The van der Waals surface area contributed by atoms with Crippen molar-refractivity contribution in [1.29, 1.82) is 0 Å². The van der Waals surface area contributed by atoms with Crippen LogP contribution in [0.4, 0.5) is 21.0 Å². The van der Waals surface area contributed by atoms with Crippen molar-refractivity contribution >= 4 is 35.4 Å². The van der Waals surface area contributed by atoms with E-state index in [0.29, 0.717) is 17.2 Å². The van der Waals surface area contributed by atoms with Crippen molar-refractivity contribution in [3.8, 4) is 11.5 Å². The molecular weight excluding hydrogens is 428 g/mol. The quantitative estimate of drug-likeness (QED) is 0.427. The molecule has 0 aliphatic heterocycles. The lowest BCUT2D eigenvalue weighted by Crippen LogP contribution is -2.45. The van der Waals surface area contributed by atoms with E-state index in [1.165, 1.54) is 6.92 Å². The lowest BCUT2D eigenvalue weighted by Gasteiger charge is -2.15. The summed E-state index contributed by atoms with van der Waals surface area (Å²) < 4.78 is 15.9. The molecule has 0 atom stereocenters. The van der Waals surface area contributed by atoms with Gasteiger partial charge in [-0.1, -0.05) is 18.2 Å². The second kappa shape index (κ2) is 12.1. The molecule has 2 rings (SSSR count). The maximum atomic E-state index is 12.1. The van der Waals surface area contributed by atoms with Crippen molar-refractivity contribution in [2.24, 2.45) is 4.99 Å². The fourth-order valence-electron chi connectivity index (χ4n) is 2.48. The Labute approximate surface area is 192 Å². The van der Waals surface area contributed by atoms with E-state index in [2.05, 4.69) is 20.9 Å². The molecular formula is C23H28N4O6. The standard InChI is InChI=1S/C23H28N4O6/c1-14(2)31-22(29)26-21(27-23(30)32-15(3)4)25-20-13-18(11-12-19(20)24-16(5)28)33-17-9-7-6-8-10-17/h6-15H,1-5H3,(H,24,28)(H2,25,26,27,29,30). The number of guanidine groups is 1. The average molecular weight is 456 g/mol. The van der Waals surface area contributed by atoms with Gasteiger partial charge in [-0.3, -0.25) is 15.4 Å². The molecule has 2 aromatic carbocycles. The number of amides is 3. The van der Waals surface area contributed by atoms with E-state index >= 15 is 0 Å². The lowest BCUT2D eigenvalue weighted by atomic mass is 10.2. The largest absolute Gasteiger partial charge is 0.457 e. The Balaban J connectivity index is 2.42. The topological polar surface area (TPSA) is 127 Å². The van der Waals surface area contributed by atoms with Crippen molar-refractivity contribution in [2.75, 3.05) is 5.32 Å². The first kappa shape index (κ1) is 25.2. The SMILES string of the molecule is CC(=O)Nc1ccc(Oc2ccccc2)cc1N=C(NC(=O)OC(C)C)NC(=O)OC(C)C. The molecule has 0 aliphatic carbocycles. The summed E-state index contributed by atoms with van der Waals surface area (Å²) in [6.07, 6.45) is -2.45. The second-order valence-corrected chi connectivity index (χ2v) is 7.39. The van der Waals surface area contributed by atoms with Crippen LogP contribution in [-0.4, -0.2) is 36.3 Å². The summed E-state index contributed by atoms with van der Waals surface area (Å²) in [6.45, 7) is 8.05. The van der Waals surface area contributed by atoms with Crippen LogP contribution in [0, 0.1) is 0 Å². The molecule has 10 heteroatoms. The summed E-state index contributed by atoms with van der Waals surface area (Å²) in [5, 5.41) is 7.40. The van der Waals surface area contributed by atoms with E-state index in [0.717, 1.165) is 0 Å². The lowest BCUT2D eigenvalue weighted by molar-refractivity contribution is -0.114. The minimum absolute atomic E-state index is 0.211. The zero-order valence-corrected chi connectivity index (χ0v) is 19.2. The van der Waals surface area contributed by atoms with Gasteiger partial charge in [0.2, 0.25) is 11.9 Å². The number of para-hydroxylation sites is 1. The molecule has 0 bridgehead atoms. The number of hydrogen-bond acceptors (Lipinski definition) is 7. The van der Waals surface area contributed by atoms with Crippen LogP contribution in [0.25, 0.3) is 0 Å². The zero-order valence-electron chi connectivity index (χ0n) is 19.2. The molecule has 3 amide bonds. The second-order valence-electron chi connectivity index (χ2n) is 7.39. The number of alkyl carbamates (subject to hydrolysis) is 2. The molecule has 176 valence electrons. The smallest absolute Gasteiger partial charge is 0.414 e. The summed E-state index contributed by atoms with van der Waals surface area (Å²) in [6, 6.07) is 13.9. The van der Waals surface area contributed by atoms with Gasteiger partial charge in [0.05, 0.1) is 23.6 Å². The van der Waals surface area contributed by atoms with Gasteiger partial charge >= 0.3 is 12.2 Å². The fraction of sp³-hybridized carbons (Fsp3) is 0.304. The minimum Gasteiger partial charge on any atom is -0.457 e. The molecule has 0 unspecified atom stereocenters. The molecule has 0 radical (unpaired) electrons. The van der Waals surface area contributed by atoms with Crippen LogP contribution < -0.4 is 20.7 Å². The van der Waals surface area contributed by atoms with Crippen LogP contribution in [0.2, 0.25) is 0 Å². The van der Waals surface area contributed by atoms with E-state index in [-0.39, 0.29) is 17.6 Å². The zero-order chi connectivity index (χ0) is 24.4. The molecule has 0 saturated heterocycles. The Kier molecular flexibility index (Phi) is 9.22. The van der Waals surface area contributed by atoms with Crippen LogP contribution in [0.5, 0.6) is 11.5 Å². The molecule has 33 heavy (non-hydrogen) atoms. The predicted octanol–water partition coefficient (Wildman–Crippen LogP) is 4.69. The highest BCUT2D eigenvalue weighted by Crippen LogP contribution is 2.32. The summed E-state index contributed by atoms with van der Waals surface area (Å²) in [7, 11) is 0. The number of benzene rings is 2. The van der Waals surface area contributed by atoms with Crippen LogP contribution in [-0.2, 0) is 14.3 Å². The third kappa shape index (κ3) is 9.30. The Morgan fingerprint density at radius 2 is 1.39 bits per heavy atom. The first-order valence-electron chi connectivity index (χ1n) is 10.3. The van der Waals surface area contributed by atoms with Gasteiger partial charge in [-0.2, -0.15) is 0 Å². The van der Waals surface area contributed by atoms with Crippen molar-refractivity contribution in [1.82, 2.24) is 10.6 Å². The van der Waals surface area contributed by atoms with E-state index in [1.807, 2.05) is 18.2 Å². The highest BCUT2D eigenvalue weighted by atomic mass is 16.6. The Morgan fingerprint density at radius 1 is 0.818 bits per heavy atom. The number of nitrogens with zero attached hydrogens (tertiary/aromatic N) is 1. The minimum atomic E-state index is -0.827. The Hall–Kier alpha value is -4.08. The molecule has 0 heterocycles. The molecule has 0 aliphatic rings. The maximum Gasteiger partial charge on any atom is 0.414 e. The predicted molar refractivity (Wildman–Crippen MR) is 124 cm³/mol. The number of rotatable bonds is 6.